The summed E-state index contributed by atoms with van der Waals surface area (Å²) in [5.41, 5.74) is 6.77. The minimum atomic E-state index is -0.0824. The summed E-state index contributed by atoms with van der Waals surface area (Å²) in [6.07, 6.45) is 1.95. The Kier molecular flexibility index (Phi) is 3.36. The van der Waals surface area contributed by atoms with Crippen LogP contribution in [0, 0.1) is 6.92 Å². The highest BCUT2D eigenvalue weighted by Crippen LogP contribution is 2.46. The summed E-state index contributed by atoms with van der Waals surface area (Å²) in [5, 5.41) is 3.12. The number of H-pyrrole nitrogens is 1. The van der Waals surface area contributed by atoms with Crippen LogP contribution in [0.2, 0.25) is 0 Å². The highest BCUT2D eigenvalue weighted by atomic mass is 32.1. The fraction of sp³-hybridized carbons (Fsp3) is 0.136. The van der Waals surface area contributed by atoms with Crippen LogP contribution in [0.4, 0.5) is 0 Å². The summed E-state index contributed by atoms with van der Waals surface area (Å²) in [6, 6.07) is 12.8. The number of aromatic nitrogens is 3. The zero-order valence-electron chi connectivity index (χ0n) is 15.1. The molecule has 4 heterocycles. The lowest BCUT2D eigenvalue weighted by Crippen LogP contribution is -2.08. The molecule has 0 atom stereocenters. The van der Waals surface area contributed by atoms with Gasteiger partial charge in [0.15, 0.2) is 0 Å². The lowest BCUT2D eigenvalue weighted by molar-refractivity contribution is 0.936. The Balaban J connectivity index is 1.85. The molecule has 0 spiro atoms. The van der Waals surface area contributed by atoms with Gasteiger partial charge in [-0.1, -0.05) is 30.3 Å². The van der Waals surface area contributed by atoms with E-state index in [0.29, 0.717) is 10.5 Å². The summed E-state index contributed by atoms with van der Waals surface area (Å²) in [7, 11) is 0. The molecule has 6 rings (SSSR count). The van der Waals surface area contributed by atoms with E-state index in [-0.39, 0.29) is 5.56 Å². The van der Waals surface area contributed by atoms with Gasteiger partial charge in [-0.2, -0.15) is 0 Å². The van der Waals surface area contributed by atoms with Gasteiger partial charge in [-0.25, -0.2) is 9.97 Å². The largest absolute Gasteiger partial charge is 0.310 e. The van der Waals surface area contributed by atoms with E-state index in [9.17, 15) is 4.79 Å². The minimum absolute atomic E-state index is 0.0824. The van der Waals surface area contributed by atoms with Gasteiger partial charge in [-0.05, 0) is 42.3 Å². The third kappa shape index (κ3) is 2.19. The Bertz CT molecular complexity index is 1440. The number of hydrogen-bond donors (Lipinski definition) is 1. The zero-order chi connectivity index (χ0) is 18.8. The topological polar surface area (TPSA) is 58.6 Å². The molecule has 0 radical (unpaired) electrons. The molecule has 0 aliphatic heterocycles. The molecule has 1 aliphatic rings. The molecule has 1 N–H and O–H groups in total. The van der Waals surface area contributed by atoms with E-state index in [1.807, 2.05) is 6.92 Å². The molecular formula is C22H15N3OS2. The van der Waals surface area contributed by atoms with Gasteiger partial charge in [0.1, 0.15) is 15.4 Å². The molecule has 136 valence electrons. The van der Waals surface area contributed by atoms with Gasteiger partial charge in [0.25, 0.3) is 5.56 Å². The first-order valence-corrected chi connectivity index (χ1v) is 10.9. The van der Waals surface area contributed by atoms with Crippen molar-refractivity contribution in [3.05, 3.63) is 69.1 Å². The van der Waals surface area contributed by atoms with E-state index in [1.54, 1.807) is 11.3 Å². The maximum Gasteiger partial charge on any atom is 0.268 e. The second kappa shape index (κ2) is 5.83. The average molecular weight is 402 g/mol. The molecule has 0 bridgehead atoms. The smallest absolute Gasteiger partial charge is 0.268 e. The molecule has 4 nitrogen and oxygen atoms in total. The van der Waals surface area contributed by atoms with Crippen LogP contribution in [0.5, 0.6) is 0 Å². The van der Waals surface area contributed by atoms with Crippen molar-refractivity contribution in [3.8, 4) is 21.7 Å². The fourth-order valence-corrected chi connectivity index (χ4v) is 6.04. The Hall–Kier alpha value is -2.83. The van der Waals surface area contributed by atoms with Crippen molar-refractivity contribution in [1.82, 2.24) is 15.0 Å². The van der Waals surface area contributed by atoms with Crippen LogP contribution in [0.3, 0.4) is 0 Å². The number of rotatable bonds is 1. The van der Waals surface area contributed by atoms with Gasteiger partial charge in [0.2, 0.25) is 0 Å². The predicted octanol–water partition coefficient (Wildman–Crippen LogP) is 5.34. The monoisotopic (exact) mass is 401 g/mol. The summed E-state index contributed by atoms with van der Waals surface area (Å²) in [6.45, 7) is 1.83. The van der Waals surface area contributed by atoms with Crippen LogP contribution >= 0.6 is 22.7 Å². The second-order valence-electron chi connectivity index (χ2n) is 7.06. The number of nitrogens with one attached hydrogen (secondary N) is 1. The van der Waals surface area contributed by atoms with E-state index in [4.69, 9.17) is 9.97 Å². The molecule has 1 aliphatic carbocycles. The van der Waals surface area contributed by atoms with Crippen molar-refractivity contribution in [2.75, 3.05) is 0 Å². The van der Waals surface area contributed by atoms with Crippen LogP contribution in [0.1, 0.15) is 17.0 Å². The maximum atomic E-state index is 12.6. The van der Waals surface area contributed by atoms with Crippen LogP contribution < -0.4 is 5.56 Å². The van der Waals surface area contributed by atoms with E-state index in [0.717, 1.165) is 34.3 Å². The highest BCUT2D eigenvalue weighted by Gasteiger charge is 2.26. The fourth-order valence-electron chi connectivity index (χ4n) is 4.22. The van der Waals surface area contributed by atoms with Crippen LogP contribution in [-0.4, -0.2) is 15.0 Å². The molecule has 28 heavy (non-hydrogen) atoms. The Morgan fingerprint density at radius 2 is 1.96 bits per heavy atom. The highest BCUT2D eigenvalue weighted by molar-refractivity contribution is 7.25. The van der Waals surface area contributed by atoms with E-state index in [1.165, 1.54) is 38.5 Å². The number of aromatic amines is 1. The van der Waals surface area contributed by atoms with Crippen LogP contribution in [0.25, 0.3) is 42.1 Å². The number of fused-ring (bicyclic) bond motifs is 6. The van der Waals surface area contributed by atoms with Gasteiger partial charge >= 0.3 is 0 Å². The van der Waals surface area contributed by atoms with Crippen molar-refractivity contribution >= 4 is 43.1 Å². The van der Waals surface area contributed by atoms with Gasteiger partial charge in [-0.3, -0.25) is 4.79 Å². The first kappa shape index (κ1) is 16.2. The lowest BCUT2D eigenvalue weighted by Gasteiger charge is -2.22. The van der Waals surface area contributed by atoms with Crippen molar-refractivity contribution in [2.24, 2.45) is 0 Å². The van der Waals surface area contributed by atoms with Gasteiger partial charge < -0.3 is 4.98 Å². The Labute approximate surface area is 168 Å². The van der Waals surface area contributed by atoms with Gasteiger partial charge in [0, 0.05) is 21.4 Å². The second-order valence-corrected chi connectivity index (χ2v) is 9.01. The minimum Gasteiger partial charge on any atom is -0.310 e. The average Bonchev–Trinajstić information content (AvgIpc) is 3.34. The molecule has 0 saturated carbocycles. The predicted molar refractivity (Wildman–Crippen MR) is 116 cm³/mol. The van der Waals surface area contributed by atoms with E-state index in [2.05, 4.69) is 46.8 Å². The van der Waals surface area contributed by atoms with Crippen molar-refractivity contribution in [3.63, 3.8) is 0 Å². The third-order valence-corrected chi connectivity index (χ3v) is 7.34. The van der Waals surface area contributed by atoms with Crippen molar-refractivity contribution < 1.29 is 0 Å². The number of pyridine rings is 1. The number of thiophene rings is 2. The number of hydrogen-bond acceptors (Lipinski definition) is 5. The standard InChI is InChI=1S/C22H15N3OS2/c1-11-23-19-17-16(15-7-4-10-27-15)14-9-8-12-5-2-3-6-13(12)18(14)25-22(17)28-20(19)21(26)24-11/h2-7,10H,8-9H2,1H3,(H,23,24,26). The molecule has 0 saturated heterocycles. The molecule has 6 heteroatoms. The van der Waals surface area contributed by atoms with Crippen LogP contribution in [-0.2, 0) is 12.8 Å². The SMILES string of the molecule is Cc1nc2c(sc3nc4c(c(-c5cccs5)c32)CCc2ccccc2-4)c(=O)[nH]1. The number of benzene rings is 1. The summed E-state index contributed by atoms with van der Waals surface area (Å²) < 4.78 is 0.654. The Morgan fingerprint density at radius 3 is 2.82 bits per heavy atom. The quantitative estimate of drug-likeness (QED) is 0.413. The van der Waals surface area contributed by atoms with Crippen LogP contribution in [0.15, 0.2) is 46.6 Å². The summed E-state index contributed by atoms with van der Waals surface area (Å²) >= 11 is 3.17. The lowest BCUT2D eigenvalue weighted by atomic mass is 9.85. The van der Waals surface area contributed by atoms with E-state index < -0.39 is 0 Å². The molecule has 4 aromatic heterocycles. The molecule has 0 amide bonds. The third-order valence-electron chi connectivity index (χ3n) is 5.38. The van der Waals surface area contributed by atoms with Crippen molar-refractivity contribution in [1.29, 1.82) is 0 Å². The number of nitrogens with zero attached hydrogens (tertiary/aromatic N) is 2. The number of aryl methyl sites for hydroxylation is 2. The van der Waals surface area contributed by atoms with E-state index >= 15 is 0 Å². The Morgan fingerprint density at radius 1 is 1.07 bits per heavy atom. The normalized spacial score (nSPS) is 13.0. The first-order valence-electron chi connectivity index (χ1n) is 9.19. The van der Waals surface area contributed by atoms with Crippen molar-refractivity contribution in [2.45, 2.75) is 19.8 Å². The van der Waals surface area contributed by atoms with Gasteiger partial charge in [0.05, 0.1) is 11.2 Å². The zero-order valence-corrected chi connectivity index (χ0v) is 16.7. The van der Waals surface area contributed by atoms with Gasteiger partial charge in [-0.15, -0.1) is 22.7 Å². The molecule has 0 unspecified atom stereocenters. The molecule has 0 fully saturated rings. The summed E-state index contributed by atoms with van der Waals surface area (Å²) in [5.74, 6) is 0.636. The molecular weight excluding hydrogens is 386 g/mol. The first-order chi connectivity index (χ1) is 13.7. The maximum absolute atomic E-state index is 12.6. The molecule has 1 aromatic carbocycles. The summed E-state index contributed by atoms with van der Waals surface area (Å²) in [4.78, 5) is 27.3. The molecule has 5 aromatic rings.